The molecule has 135 heavy (non-hydrogen) atoms. The quantitative estimate of drug-likeness (QED) is 0.0458. The Kier molecular flexibility index (Phi) is 28.9. The number of piperidine rings is 3. The van der Waals surface area contributed by atoms with Gasteiger partial charge in [0, 0.05) is 65.0 Å². The third-order valence-corrected chi connectivity index (χ3v) is 24.9. The van der Waals surface area contributed by atoms with Crippen LogP contribution in [0, 0.1) is 23.7 Å². The summed E-state index contributed by atoms with van der Waals surface area (Å²) < 4.78 is 23.7. The molecule has 12 heterocycles. The number of hydrogen-bond donors (Lipinski definition) is 4. The zero-order valence-corrected chi connectivity index (χ0v) is 75.3. The van der Waals surface area contributed by atoms with Gasteiger partial charge in [0.2, 0.25) is 23.6 Å². The van der Waals surface area contributed by atoms with Gasteiger partial charge in [-0.1, -0.05) is 98.6 Å². The minimum atomic E-state index is -0.466. The summed E-state index contributed by atoms with van der Waals surface area (Å²) in [6.07, 6.45) is 18.1. The van der Waals surface area contributed by atoms with Gasteiger partial charge in [-0.15, -0.1) is 0 Å². The van der Waals surface area contributed by atoms with E-state index in [9.17, 15) is 19.2 Å². The first kappa shape index (κ1) is 91.7. The number of ether oxygens (including phenoxy) is 4. The van der Waals surface area contributed by atoms with Crippen LogP contribution in [-0.2, 0) is 19.2 Å². The molecular weight excluding hydrogens is 1700 g/mol. The van der Waals surface area contributed by atoms with Crippen LogP contribution in [0.25, 0.3) is 0 Å². The highest BCUT2D eigenvalue weighted by Crippen LogP contribution is 2.39. The number of likely N-dealkylation sites (N-methyl/N-ethyl adjacent to an activating group) is 1. The molecular formula is C102H109N25O8. The number of aliphatic imine (C=N–C) groups is 8. The van der Waals surface area contributed by atoms with Crippen LogP contribution < -0.4 is 41.9 Å². The molecule has 20 rings (SSSR count). The standard InChI is InChI=1S/C28H33N7O2.2C25H26N6O2.C24H24N6O2/c1-33(2)16-7-11-24(36)34-17-6-8-21(18-34)35-28-25(27(29)30-19-31-28)26(32-35)20-12-14-23(15-13-20)37-22-9-4-3-5-10-22;2*1-2-21(32)30-14-6-7-18(15-30)31-25-22(24(26)27-16-28-25)23(29-31)17-10-12-20(13-11-17)33-19-8-4-3-5-9-19;1-2-20(31)29-13-12-17(14-29)30-24-21(23(25)26-15-27-24)22(28-30)16-8-10-19(11-9-16)32-18-6-4-3-5-7-18/h3-5,7,9-15,19,21,25,27H,6,8,16-18,29H2,1-2H3;2*2-5,8-13,16,18,22,24H,1,6-7,14-15,26H2;2-11,15,17,21,23H,1,12-14,25H2/b11-7+;;;. The molecule has 0 aromatic heterocycles. The SMILES string of the molecule is C=CC(=O)N1CCC(N2N=C(c3ccc(Oc4ccccc4)cc3)C3C2=NC=NC3N)C1.C=CC(=O)N1CCCC(N2N=C(c3ccc(Oc4ccccc4)cc3)C3C2=NC=NC3N)C1.C=CC(=O)N1CCCC(N2N=C(c3ccc(Oc4ccccc4)cc3)C3C2=NC=NC3N)C1.CN(C)C/C=C/C(=O)N1CCCC(N2N=C(c3ccc(Oc4ccccc4)cc3)C3C2=NC=NC3N)C1. The summed E-state index contributed by atoms with van der Waals surface area (Å²) in [4.78, 5) is 94.0. The maximum Gasteiger partial charge on any atom is 0.246 e. The maximum absolute atomic E-state index is 12.8. The highest BCUT2D eigenvalue weighted by Gasteiger charge is 2.49. The average molecular weight is 1810 g/mol. The monoisotopic (exact) mass is 1810 g/mol. The van der Waals surface area contributed by atoms with E-state index in [1.54, 1.807) is 11.0 Å². The second-order valence-corrected chi connectivity index (χ2v) is 34.2. The van der Waals surface area contributed by atoms with Crippen molar-refractivity contribution < 1.29 is 38.1 Å². The summed E-state index contributed by atoms with van der Waals surface area (Å²) in [5.41, 5.74) is 32.6. The predicted molar refractivity (Wildman–Crippen MR) is 527 cm³/mol. The lowest BCUT2D eigenvalue weighted by Crippen LogP contribution is -2.51. The highest BCUT2D eigenvalue weighted by atomic mass is 16.5. The Hall–Kier alpha value is -15.2. The van der Waals surface area contributed by atoms with Crippen molar-refractivity contribution in [1.29, 1.82) is 0 Å². The smallest absolute Gasteiger partial charge is 0.246 e. The van der Waals surface area contributed by atoms with Crippen LogP contribution in [0.1, 0.15) is 67.2 Å². The zero-order valence-electron chi connectivity index (χ0n) is 75.3. The molecule has 33 heteroatoms. The fraction of sp³-hybridized carbons (Fsp3) is 0.294. The number of fused-ring (bicyclic) bond motifs is 4. The Bertz CT molecular complexity index is 5870. The van der Waals surface area contributed by atoms with Gasteiger partial charge in [-0.2, -0.15) is 20.4 Å². The van der Waals surface area contributed by atoms with E-state index in [0.717, 1.165) is 186 Å². The first-order chi connectivity index (χ1) is 65.9. The second kappa shape index (κ2) is 42.6. The molecule has 12 aliphatic heterocycles. The summed E-state index contributed by atoms with van der Waals surface area (Å²) in [6.45, 7) is 16.7. The number of likely N-dealkylation sites (tertiary alicyclic amines) is 4. The number of rotatable bonds is 22. The fourth-order valence-electron chi connectivity index (χ4n) is 18.2. The lowest BCUT2D eigenvalue weighted by atomic mass is 9.93. The summed E-state index contributed by atoms with van der Waals surface area (Å²) >= 11 is 0. The van der Waals surface area contributed by atoms with E-state index in [2.05, 4.69) is 59.7 Å². The lowest BCUT2D eigenvalue weighted by molar-refractivity contribution is -0.128. The van der Waals surface area contributed by atoms with Crippen LogP contribution >= 0.6 is 0 Å². The van der Waals surface area contributed by atoms with Crippen LogP contribution in [0.4, 0.5) is 0 Å². The minimum Gasteiger partial charge on any atom is -0.457 e. The number of para-hydroxylation sites is 4. The van der Waals surface area contributed by atoms with Crippen LogP contribution in [-0.4, -0.2) is 262 Å². The highest BCUT2D eigenvalue weighted by molar-refractivity contribution is 6.23. The molecule has 12 atom stereocenters. The van der Waals surface area contributed by atoms with Gasteiger partial charge in [-0.3, -0.25) is 39.1 Å². The van der Waals surface area contributed by atoms with E-state index < -0.39 is 24.7 Å². The molecule has 4 amide bonds. The van der Waals surface area contributed by atoms with Gasteiger partial charge in [0.15, 0.2) is 0 Å². The summed E-state index contributed by atoms with van der Waals surface area (Å²) in [5.74, 6) is 8.16. The first-order valence-corrected chi connectivity index (χ1v) is 45.5. The van der Waals surface area contributed by atoms with Gasteiger partial charge in [-0.05, 0) is 245 Å². The van der Waals surface area contributed by atoms with E-state index in [1.165, 1.54) is 43.6 Å². The van der Waals surface area contributed by atoms with Gasteiger partial charge >= 0.3 is 0 Å². The van der Waals surface area contributed by atoms with Crippen LogP contribution in [0.2, 0.25) is 0 Å². The number of amides is 4. The summed E-state index contributed by atoms with van der Waals surface area (Å²) in [5, 5.41) is 27.7. The summed E-state index contributed by atoms with van der Waals surface area (Å²) in [6, 6.07) is 70.0. The Balaban J connectivity index is 0.000000125. The van der Waals surface area contributed by atoms with Crippen molar-refractivity contribution in [1.82, 2.24) is 44.5 Å². The molecule has 4 fully saturated rings. The van der Waals surface area contributed by atoms with E-state index in [4.69, 9.17) is 62.3 Å². The van der Waals surface area contributed by atoms with Crippen molar-refractivity contribution in [2.75, 3.05) is 73.0 Å². The van der Waals surface area contributed by atoms with Crippen molar-refractivity contribution in [2.45, 2.75) is 93.8 Å². The van der Waals surface area contributed by atoms with Gasteiger partial charge in [0.05, 0.1) is 70.7 Å². The molecule has 0 saturated carbocycles. The van der Waals surface area contributed by atoms with Crippen molar-refractivity contribution in [2.24, 2.45) is 107 Å². The predicted octanol–water partition coefficient (Wildman–Crippen LogP) is 11.6. The topological polar surface area (TPSA) is 387 Å². The van der Waals surface area contributed by atoms with Gasteiger partial charge < -0.3 is 66.4 Å². The molecule has 8 aromatic rings. The Morgan fingerprint density at radius 2 is 0.570 bits per heavy atom. The molecule has 33 nitrogen and oxygen atoms in total. The molecule has 0 radical (unpaired) electrons. The normalized spacial score (nSPS) is 23.9. The summed E-state index contributed by atoms with van der Waals surface area (Å²) in [7, 11) is 3.96. The number of carbonyl (C=O) groups is 4. The molecule has 0 aliphatic carbocycles. The van der Waals surface area contributed by atoms with Crippen LogP contribution in [0.5, 0.6) is 46.0 Å². The molecule has 0 bridgehead atoms. The second-order valence-electron chi connectivity index (χ2n) is 34.2. The van der Waals surface area contributed by atoms with Gasteiger partial charge in [0.25, 0.3) is 0 Å². The number of benzene rings is 8. The van der Waals surface area contributed by atoms with Crippen molar-refractivity contribution in [3.63, 3.8) is 0 Å². The average Bonchev–Trinajstić information content (AvgIpc) is 2.18. The van der Waals surface area contributed by atoms with Crippen LogP contribution in [0.3, 0.4) is 0 Å². The Labute approximate surface area is 784 Å². The van der Waals surface area contributed by atoms with Gasteiger partial charge in [0.1, 0.15) is 119 Å². The molecule has 12 unspecified atom stereocenters. The molecule has 8 N–H and O–H groups in total. The number of amidine groups is 4. The van der Waals surface area contributed by atoms with Gasteiger partial charge in [-0.25, -0.2) is 40.0 Å². The van der Waals surface area contributed by atoms with E-state index in [0.29, 0.717) is 32.7 Å². The first-order valence-electron chi connectivity index (χ1n) is 45.5. The van der Waals surface area contributed by atoms with Crippen LogP contribution in [0.15, 0.2) is 329 Å². The third kappa shape index (κ3) is 21.3. The maximum atomic E-state index is 12.8. The van der Waals surface area contributed by atoms with Crippen molar-refractivity contribution in [3.05, 3.63) is 291 Å². The van der Waals surface area contributed by atoms with E-state index >= 15 is 0 Å². The van der Waals surface area contributed by atoms with E-state index in [1.807, 2.05) is 278 Å². The number of carbonyl (C=O) groups excluding carboxylic acids is 4. The van der Waals surface area contributed by atoms with Crippen molar-refractivity contribution in [3.8, 4) is 46.0 Å². The molecule has 8 aromatic carbocycles. The number of nitrogens with two attached hydrogens (primary N) is 4. The molecule has 4 saturated heterocycles. The van der Waals surface area contributed by atoms with E-state index in [-0.39, 0.29) is 71.5 Å². The minimum absolute atomic E-state index is 0.0260. The third-order valence-electron chi connectivity index (χ3n) is 24.9. The molecule has 0 spiro atoms. The Morgan fingerprint density at radius 3 is 0.822 bits per heavy atom. The number of hydrazone groups is 4. The number of hydrogen-bond acceptors (Lipinski definition) is 29. The van der Waals surface area contributed by atoms with Crippen molar-refractivity contribution >= 4 is 95.2 Å². The largest absolute Gasteiger partial charge is 0.457 e. The fourth-order valence-corrected chi connectivity index (χ4v) is 18.2. The lowest BCUT2D eigenvalue weighted by Gasteiger charge is -2.37. The Morgan fingerprint density at radius 1 is 0.333 bits per heavy atom. The molecule has 690 valence electrons. The molecule has 12 aliphatic rings. The zero-order chi connectivity index (χ0) is 93.4. The number of nitrogens with zero attached hydrogens (tertiary/aromatic N) is 21.